The van der Waals surface area contributed by atoms with Crippen molar-refractivity contribution in [3.63, 3.8) is 0 Å². The van der Waals surface area contributed by atoms with Crippen molar-refractivity contribution in [2.75, 3.05) is 26.2 Å². The molecule has 0 aliphatic heterocycles. The van der Waals surface area contributed by atoms with E-state index in [0.717, 1.165) is 12.8 Å². The molecular formula is C14H27NO3S. The summed E-state index contributed by atoms with van der Waals surface area (Å²) in [7, 11) is 0. The molecule has 112 valence electrons. The Bertz CT molecular complexity index is 259. The van der Waals surface area contributed by atoms with Crippen LogP contribution in [-0.4, -0.2) is 42.2 Å². The molecule has 4 nitrogen and oxygen atoms in total. The number of unbranched alkanes of at least 4 members (excludes halogenated alkanes) is 5. The topological polar surface area (TPSA) is 46.6 Å². The minimum atomic E-state index is -0.259. The predicted octanol–water partition coefficient (Wildman–Crippen LogP) is 2.67. The smallest absolute Gasteiger partial charge is 0.320 e. The lowest BCUT2D eigenvalue weighted by Gasteiger charge is -2.17. The molecule has 0 aromatic rings. The van der Waals surface area contributed by atoms with Gasteiger partial charge >= 0.3 is 5.97 Å². The maximum atomic E-state index is 11.5. The Kier molecular flexibility index (Phi) is 12.1. The van der Waals surface area contributed by atoms with E-state index in [9.17, 15) is 9.59 Å². The van der Waals surface area contributed by atoms with Crippen molar-refractivity contribution in [2.24, 2.45) is 0 Å². The molecule has 0 bridgehead atoms. The zero-order valence-corrected chi connectivity index (χ0v) is 13.1. The third-order valence-corrected chi connectivity index (χ3v) is 3.06. The summed E-state index contributed by atoms with van der Waals surface area (Å²) in [6.07, 6.45) is 7.03. The molecular weight excluding hydrogens is 262 g/mol. The molecule has 0 aromatic carbocycles. The largest absolute Gasteiger partial charge is 0.465 e. The number of nitrogens with zero attached hydrogens (tertiary/aromatic N) is 1. The molecule has 5 heteroatoms. The van der Waals surface area contributed by atoms with Crippen LogP contribution in [0.25, 0.3) is 0 Å². The summed E-state index contributed by atoms with van der Waals surface area (Å²) < 4.78 is 5.15. The van der Waals surface area contributed by atoms with Crippen molar-refractivity contribution in [1.82, 2.24) is 4.90 Å². The molecule has 0 aliphatic carbocycles. The Balaban J connectivity index is 3.54. The first-order chi connectivity index (χ1) is 9.10. The van der Waals surface area contributed by atoms with Gasteiger partial charge in [0.15, 0.2) is 5.12 Å². The maximum Gasteiger partial charge on any atom is 0.320 e. The van der Waals surface area contributed by atoms with Gasteiger partial charge in [0.2, 0.25) is 0 Å². The van der Waals surface area contributed by atoms with Gasteiger partial charge < -0.3 is 4.74 Å². The van der Waals surface area contributed by atoms with Crippen molar-refractivity contribution in [1.29, 1.82) is 0 Å². The zero-order chi connectivity index (χ0) is 14.5. The van der Waals surface area contributed by atoms with E-state index in [-0.39, 0.29) is 24.2 Å². The number of carbonyl (C=O) groups is 2. The van der Waals surface area contributed by atoms with Gasteiger partial charge in [0.25, 0.3) is 0 Å². The van der Waals surface area contributed by atoms with E-state index in [0.29, 0.717) is 13.2 Å². The Morgan fingerprint density at radius 2 is 1.63 bits per heavy atom. The second-order valence-corrected chi connectivity index (χ2v) is 5.18. The van der Waals surface area contributed by atoms with Crippen molar-refractivity contribution < 1.29 is 14.3 Å². The van der Waals surface area contributed by atoms with Gasteiger partial charge in [-0.25, -0.2) is 0 Å². The number of likely N-dealkylation sites (N-methyl/N-ethyl adjacent to an activating group) is 1. The quantitative estimate of drug-likeness (QED) is 0.341. The first-order valence-electron chi connectivity index (χ1n) is 7.19. The number of hydrogen-bond acceptors (Lipinski definition) is 4. The summed E-state index contributed by atoms with van der Waals surface area (Å²) in [5.41, 5.74) is 0. The molecule has 0 fully saturated rings. The fourth-order valence-corrected chi connectivity index (χ4v) is 1.97. The third-order valence-electron chi connectivity index (χ3n) is 2.92. The lowest BCUT2D eigenvalue weighted by atomic mass is 10.1. The number of hydrogen-bond donors (Lipinski definition) is 1. The molecule has 0 atom stereocenters. The highest BCUT2D eigenvalue weighted by Crippen LogP contribution is 2.05. The van der Waals surface area contributed by atoms with E-state index in [1.807, 2.05) is 6.92 Å². The normalized spacial score (nSPS) is 10.7. The average molecular weight is 289 g/mol. The molecule has 0 aromatic heterocycles. The van der Waals surface area contributed by atoms with Crippen LogP contribution in [0.5, 0.6) is 0 Å². The van der Waals surface area contributed by atoms with E-state index in [1.165, 1.54) is 25.7 Å². The van der Waals surface area contributed by atoms with Gasteiger partial charge in [0, 0.05) is 0 Å². The number of carbonyl (C=O) groups excluding carboxylic acids is 2. The minimum absolute atomic E-state index is 0.165. The van der Waals surface area contributed by atoms with Crippen LogP contribution >= 0.6 is 12.6 Å². The van der Waals surface area contributed by atoms with E-state index in [1.54, 1.807) is 4.90 Å². The van der Waals surface area contributed by atoms with Crippen molar-refractivity contribution >= 4 is 23.7 Å². The Morgan fingerprint density at radius 1 is 1.00 bits per heavy atom. The summed E-state index contributed by atoms with van der Waals surface area (Å²) in [5.74, 6) is -0.259. The van der Waals surface area contributed by atoms with Gasteiger partial charge in [-0.2, -0.15) is 0 Å². The van der Waals surface area contributed by atoms with Crippen LogP contribution in [0.15, 0.2) is 0 Å². The van der Waals surface area contributed by atoms with Crippen LogP contribution in [0, 0.1) is 0 Å². The molecule has 19 heavy (non-hydrogen) atoms. The summed E-state index contributed by atoms with van der Waals surface area (Å²) >= 11 is 3.71. The van der Waals surface area contributed by atoms with E-state index in [4.69, 9.17) is 4.74 Å². The second-order valence-electron chi connectivity index (χ2n) is 4.69. The minimum Gasteiger partial charge on any atom is -0.465 e. The lowest BCUT2D eigenvalue weighted by molar-refractivity contribution is -0.145. The van der Waals surface area contributed by atoms with E-state index < -0.39 is 0 Å². The number of rotatable bonds is 12. The monoisotopic (exact) mass is 289 g/mol. The lowest BCUT2D eigenvalue weighted by Crippen LogP contribution is -2.34. The van der Waals surface area contributed by atoms with Gasteiger partial charge in [0.05, 0.1) is 19.7 Å². The predicted molar refractivity (Wildman–Crippen MR) is 80.4 cm³/mol. The SMILES string of the molecule is CCCCCCCCOC(=O)CN(CC)CC(=O)S. The van der Waals surface area contributed by atoms with Gasteiger partial charge in [-0.3, -0.25) is 14.5 Å². The molecule has 0 heterocycles. The molecule has 0 saturated heterocycles. The van der Waals surface area contributed by atoms with Crippen LogP contribution in [0.1, 0.15) is 52.4 Å². The summed E-state index contributed by atoms with van der Waals surface area (Å²) in [4.78, 5) is 24.1. The van der Waals surface area contributed by atoms with Gasteiger partial charge in [0.1, 0.15) is 0 Å². The molecule has 0 spiro atoms. The van der Waals surface area contributed by atoms with Crippen molar-refractivity contribution in [3.8, 4) is 0 Å². The summed E-state index contributed by atoms with van der Waals surface area (Å²) in [6, 6.07) is 0. The molecule has 0 radical (unpaired) electrons. The first kappa shape index (κ1) is 18.4. The summed E-state index contributed by atoms with van der Waals surface area (Å²) in [6.45, 7) is 5.56. The average Bonchev–Trinajstić information content (AvgIpc) is 2.36. The fraction of sp³-hybridized carbons (Fsp3) is 0.857. The van der Waals surface area contributed by atoms with Crippen LogP contribution in [0.2, 0.25) is 0 Å². The first-order valence-corrected chi connectivity index (χ1v) is 7.64. The maximum absolute atomic E-state index is 11.5. The number of esters is 1. The molecule has 0 amide bonds. The molecule has 0 aliphatic rings. The van der Waals surface area contributed by atoms with Gasteiger partial charge in [-0.05, 0) is 13.0 Å². The van der Waals surface area contributed by atoms with E-state index in [2.05, 4.69) is 19.6 Å². The van der Waals surface area contributed by atoms with Gasteiger partial charge in [-0.15, -0.1) is 12.6 Å². The summed E-state index contributed by atoms with van der Waals surface area (Å²) in [5, 5.41) is -0.231. The third kappa shape index (κ3) is 12.2. The van der Waals surface area contributed by atoms with Crippen molar-refractivity contribution in [2.45, 2.75) is 52.4 Å². The van der Waals surface area contributed by atoms with Crippen LogP contribution in [0.4, 0.5) is 0 Å². The second kappa shape index (κ2) is 12.5. The molecule has 0 unspecified atom stereocenters. The van der Waals surface area contributed by atoms with Crippen molar-refractivity contribution in [3.05, 3.63) is 0 Å². The standard InChI is InChI=1S/C14H27NO3S/c1-3-5-6-7-8-9-10-18-13(16)11-15(4-2)12-14(17)19/h3-12H2,1-2H3,(H,17,19). The Labute approximate surface area is 122 Å². The highest BCUT2D eigenvalue weighted by Gasteiger charge is 2.11. The van der Waals surface area contributed by atoms with Crippen LogP contribution in [0.3, 0.4) is 0 Å². The fourth-order valence-electron chi connectivity index (χ4n) is 1.77. The molecule has 0 saturated carbocycles. The Morgan fingerprint density at radius 3 is 2.21 bits per heavy atom. The van der Waals surface area contributed by atoms with Gasteiger partial charge in [-0.1, -0.05) is 46.0 Å². The Hall–Kier alpha value is -0.550. The molecule has 0 N–H and O–H groups in total. The highest BCUT2D eigenvalue weighted by molar-refractivity contribution is 7.96. The van der Waals surface area contributed by atoms with E-state index >= 15 is 0 Å². The number of thiol groups is 1. The number of ether oxygens (including phenoxy) is 1. The zero-order valence-electron chi connectivity index (χ0n) is 12.2. The highest BCUT2D eigenvalue weighted by atomic mass is 32.1. The van der Waals surface area contributed by atoms with Crippen LogP contribution < -0.4 is 0 Å². The molecule has 0 rings (SSSR count). The van der Waals surface area contributed by atoms with Crippen LogP contribution in [-0.2, 0) is 14.3 Å².